The van der Waals surface area contributed by atoms with Gasteiger partial charge in [0, 0.05) is 17.8 Å². The Bertz CT molecular complexity index is 742. The van der Waals surface area contributed by atoms with Gasteiger partial charge in [0.2, 0.25) is 0 Å². The molecule has 1 aliphatic carbocycles. The molecule has 1 aliphatic rings. The first-order chi connectivity index (χ1) is 11.3. The van der Waals surface area contributed by atoms with Crippen LogP contribution in [0.2, 0.25) is 10.0 Å². The Labute approximate surface area is 147 Å². The first kappa shape index (κ1) is 18.2. The topological polar surface area (TPSA) is 102 Å². The fraction of sp³-hybridized carbons (Fsp3) is 0.333. The molecular formula is C15H14Cl2N2O5. The third-order valence-electron chi connectivity index (χ3n) is 3.20. The Morgan fingerprint density at radius 2 is 2.12 bits per heavy atom. The quantitative estimate of drug-likeness (QED) is 0.203. The van der Waals surface area contributed by atoms with Crippen LogP contribution in [0.4, 0.5) is 5.69 Å². The molecule has 0 aromatic heterocycles. The maximum absolute atomic E-state index is 12.1. The lowest BCUT2D eigenvalue weighted by molar-refractivity contribution is -0.384. The Hall–Kier alpha value is -2.12. The number of aliphatic hydroxyl groups excluding tert-OH is 1. The second kappa shape index (κ2) is 7.63. The van der Waals surface area contributed by atoms with Gasteiger partial charge < -0.3 is 9.84 Å². The lowest BCUT2D eigenvalue weighted by atomic mass is 10.1. The number of carbonyl (C=O) groups is 1. The van der Waals surface area contributed by atoms with E-state index in [2.05, 4.69) is 4.99 Å². The number of aliphatic imine (C=N–C) groups is 1. The van der Waals surface area contributed by atoms with E-state index in [9.17, 15) is 20.0 Å². The number of nitrogens with zero attached hydrogens (tertiary/aromatic N) is 2. The highest BCUT2D eigenvalue weighted by atomic mass is 35.5. The predicted molar refractivity (Wildman–Crippen MR) is 90.8 cm³/mol. The summed E-state index contributed by atoms with van der Waals surface area (Å²) in [6.07, 6.45) is 3.02. The minimum Gasteiger partial charge on any atom is -0.506 e. The largest absolute Gasteiger partial charge is 0.506 e. The summed E-state index contributed by atoms with van der Waals surface area (Å²) in [6, 6.07) is 2.25. The molecule has 7 nitrogen and oxygen atoms in total. The molecule has 0 radical (unpaired) electrons. The molecule has 1 N–H and O–H groups in total. The maximum atomic E-state index is 12.1. The molecule has 1 saturated carbocycles. The van der Waals surface area contributed by atoms with Gasteiger partial charge in [0.15, 0.2) is 0 Å². The van der Waals surface area contributed by atoms with Crippen LogP contribution >= 0.6 is 23.2 Å². The van der Waals surface area contributed by atoms with E-state index in [4.69, 9.17) is 27.9 Å². The average Bonchev–Trinajstić information content (AvgIpc) is 3.31. The third-order valence-corrected chi connectivity index (χ3v) is 3.82. The summed E-state index contributed by atoms with van der Waals surface area (Å²) in [5, 5.41) is 21.2. The van der Waals surface area contributed by atoms with E-state index in [0.717, 1.165) is 25.0 Å². The zero-order valence-corrected chi connectivity index (χ0v) is 14.2. The molecule has 24 heavy (non-hydrogen) atoms. The van der Waals surface area contributed by atoms with E-state index >= 15 is 0 Å². The molecule has 1 aromatic carbocycles. The summed E-state index contributed by atoms with van der Waals surface area (Å²) in [5.41, 5.74) is -0.759. The van der Waals surface area contributed by atoms with Gasteiger partial charge in [-0.3, -0.25) is 15.1 Å². The zero-order chi connectivity index (χ0) is 17.9. The first-order valence-electron chi connectivity index (χ1n) is 7.12. The van der Waals surface area contributed by atoms with Crippen molar-refractivity contribution < 1.29 is 19.6 Å². The number of benzene rings is 1. The minimum atomic E-state index is -0.798. The Balaban J connectivity index is 2.54. The fourth-order valence-electron chi connectivity index (χ4n) is 1.83. The summed E-state index contributed by atoms with van der Waals surface area (Å²) in [5.74, 6) is -1.35. The van der Waals surface area contributed by atoms with Gasteiger partial charge >= 0.3 is 5.97 Å². The van der Waals surface area contributed by atoms with Gasteiger partial charge in [-0.25, -0.2) is 4.79 Å². The SMILES string of the molecule is CCOC(=O)/C(C=NC1CC1)=C(/O)c1cc([N+](=O)[O-])c(Cl)cc1Cl. The van der Waals surface area contributed by atoms with Crippen molar-refractivity contribution in [2.24, 2.45) is 4.99 Å². The van der Waals surface area contributed by atoms with Crippen LogP contribution in [0.25, 0.3) is 5.76 Å². The van der Waals surface area contributed by atoms with Crippen LogP contribution in [0.1, 0.15) is 25.3 Å². The molecular weight excluding hydrogens is 359 g/mol. The van der Waals surface area contributed by atoms with E-state index in [-0.39, 0.29) is 33.8 Å². The van der Waals surface area contributed by atoms with Crippen molar-refractivity contribution in [2.45, 2.75) is 25.8 Å². The zero-order valence-electron chi connectivity index (χ0n) is 12.7. The fourth-order valence-corrected chi connectivity index (χ4v) is 2.37. The number of rotatable bonds is 6. The number of halogens is 2. The van der Waals surface area contributed by atoms with E-state index in [1.165, 1.54) is 6.21 Å². The van der Waals surface area contributed by atoms with Crippen molar-refractivity contribution in [1.29, 1.82) is 0 Å². The number of hydrogen-bond acceptors (Lipinski definition) is 6. The number of esters is 1. The minimum absolute atomic E-state index is 0.0373. The standard InChI is InChI=1S/C15H14Cl2N2O5/c1-2-24-15(21)10(7-18-8-3-4-8)14(20)9-5-13(19(22)23)12(17)6-11(9)16/h5-8,20H,2-4H2,1H3/b14-10+,18-7?. The number of nitro groups is 1. The molecule has 1 aromatic rings. The monoisotopic (exact) mass is 372 g/mol. The number of carbonyl (C=O) groups excluding carboxylic acids is 1. The lowest BCUT2D eigenvalue weighted by Crippen LogP contribution is -2.12. The highest BCUT2D eigenvalue weighted by Gasteiger charge is 2.24. The van der Waals surface area contributed by atoms with Gasteiger partial charge in [0.1, 0.15) is 16.4 Å². The van der Waals surface area contributed by atoms with Crippen LogP contribution in [0, 0.1) is 10.1 Å². The summed E-state index contributed by atoms with van der Waals surface area (Å²) >= 11 is 11.8. The molecule has 2 rings (SSSR count). The van der Waals surface area contributed by atoms with E-state index in [1.807, 2.05) is 0 Å². The molecule has 128 valence electrons. The van der Waals surface area contributed by atoms with Crippen molar-refractivity contribution in [3.05, 3.63) is 43.4 Å². The summed E-state index contributed by atoms with van der Waals surface area (Å²) < 4.78 is 4.89. The predicted octanol–water partition coefficient (Wildman–Crippen LogP) is 3.97. The van der Waals surface area contributed by atoms with E-state index in [0.29, 0.717) is 0 Å². The van der Waals surface area contributed by atoms with Gasteiger partial charge in [-0.2, -0.15) is 0 Å². The van der Waals surface area contributed by atoms with Crippen LogP contribution in [-0.4, -0.2) is 34.9 Å². The van der Waals surface area contributed by atoms with Crippen LogP contribution in [-0.2, 0) is 9.53 Å². The molecule has 0 aliphatic heterocycles. The summed E-state index contributed by atoms with van der Waals surface area (Å²) in [4.78, 5) is 26.5. The molecule has 1 fully saturated rings. The molecule has 0 atom stereocenters. The molecule has 9 heteroatoms. The number of aliphatic hydroxyl groups is 1. The maximum Gasteiger partial charge on any atom is 0.343 e. The van der Waals surface area contributed by atoms with Gasteiger partial charge in [-0.1, -0.05) is 23.2 Å². The van der Waals surface area contributed by atoms with Crippen LogP contribution < -0.4 is 0 Å². The van der Waals surface area contributed by atoms with Crippen LogP contribution in [0.15, 0.2) is 22.7 Å². The number of hydrogen-bond donors (Lipinski definition) is 1. The molecule has 0 unspecified atom stereocenters. The van der Waals surface area contributed by atoms with E-state index in [1.54, 1.807) is 6.92 Å². The van der Waals surface area contributed by atoms with Gasteiger partial charge in [-0.15, -0.1) is 0 Å². The van der Waals surface area contributed by atoms with Crippen molar-refractivity contribution >= 4 is 46.8 Å². The van der Waals surface area contributed by atoms with Crippen LogP contribution in [0.3, 0.4) is 0 Å². The van der Waals surface area contributed by atoms with E-state index < -0.39 is 22.3 Å². The van der Waals surface area contributed by atoms with Crippen molar-refractivity contribution in [3.8, 4) is 0 Å². The Morgan fingerprint density at radius 3 is 2.67 bits per heavy atom. The highest BCUT2D eigenvalue weighted by molar-refractivity contribution is 6.37. The molecule has 0 spiro atoms. The van der Waals surface area contributed by atoms with Gasteiger partial charge in [-0.05, 0) is 25.8 Å². The molecule has 0 amide bonds. The Morgan fingerprint density at radius 1 is 1.46 bits per heavy atom. The van der Waals surface area contributed by atoms with Crippen molar-refractivity contribution in [1.82, 2.24) is 0 Å². The average molecular weight is 373 g/mol. The molecule has 0 saturated heterocycles. The Kier molecular flexibility index (Phi) is 5.80. The second-order valence-electron chi connectivity index (χ2n) is 5.03. The highest BCUT2D eigenvalue weighted by Crippen LogP contribution is 2.34. The second-order valence-corrected chi connectivity index (χ2v) is 5.85. The molecule has 0 bridgehead atoms. The number of ether oxygens (including phenoxy) is 1. The van der Waals surface area contributed by atoms with Crippen molar-refractivity contribution in [3.63, 3.8) is 0 Å². The molecule has 0 heterocycles. The van der Waals surface area contributed by atoms with Gasteiger partial charge in [0.05, 0.1) is 22.6 Å². The number of nitro benzene ring substituents is 1. The summed E-state index contributed by atoms with van der Waals surface area (Å²) in [6.45, 7) is 1.71. The summed E-state index contributed by atoms with van der Waals surface area (Å²) in [7, 11) is 0. The third kappa shape index (κ3) is 4.24. The lowest BCUT2D eigenvalue weighted by Gasteiger charge is -2.09. The normalized spacial score (nSPS) is 15.3. The smallest absolute Gasteiger partial charge is 0.343 e. The first-order valence-corrected chi connectivity index (χ1v) is 7.88. The van der Waals surface area contributed by atoms with Crippen LogP contribution in [0.5, 0.6) is 0 Å². The van der Waals surface area contributed by atoms with Gasteiger partial charge in [0.25, 0.3) is 5.69 Å². The van der Waals surface area contributed by atoms with Crippen molar-refractivity contribution in [2.75, 3.05) is 6.61 Å².